The van der Waals surface area contributed by atoms with Gasteiger partial charge in [-0.25, -0.2) is 14.8 Å². The lowest BCUT2D eigenvalue weighted by molar-refractivity contribution is 0.613. The maximum absolute atomic E-state index is 4.78. The van der Waals surface area contributed by atoms with E-state index in [0.717, 1.165) is 61.7 Å². The van der Waals surface area contributed by atoms with Crippen LogP contribution in [0.4, 0.5) is 0 Å². The number of H-pyrrole nitrogens is 1. The van der Waals surface area contributed by atoms with Crippen molar-refractivity contribution in [2.24, 2.45) is 0 Å². The van der Waals surface area contributed by atoms with Crippen molar-refractivity contribution < 1.29 is 0 Å². The Bertz CT molecular complexity index is 1120. The van der Waals surface area contributed by atoms with Gasteiger partial charge >= 0.3 is 0 Å². The summed E-state index contributed by atoms with van der Waals surface area (Å²) in [5, 5.41) is 19.4. The molecule has 0 saturated carbocycles. The van der Waals surface area contributed by atoms with Crippen molar-refractivity contribution in [1.82, 2.24) is 40.0 Å². The molecular weight excluding hydrogens is 400 g/mol. The Kier molecular flexibility index (Phi) is 6.78. The largest absolute Gasteiger partial charge is 0.314 e. The third-order valence-electron chi connectivity index (χ3n) is 5.68. The van der Waals surface area contributed by atoms with Crippen molar-refractivity contribution >= 4 is 0 Å². The van der Waals surface area contributed by atoms with Crippen molar-refractivity contribution in [2.45, 2.75) is 72.3 Å². The SMILES string of the molecule is CCCCc1nc(CCC)nn1Cc1ccc(-n2ccc(C(C)C)c2-c2nnn[nH]2)cc1. The zero-order valence-corrected chi connectivity index (χ0v) is 19.4. The van der Waals surface area contributed by atoms with Crippen LogP contribution < -0.4 is 0 Å². The van der Waals surface area contributed by atoms with Crippen LogP contribution in [0, 0.1) is 0 Å². The molecule has 4 aromatic rings. The molecule has 0 bridgehead atoms. The van der Waals surface area contributed by atoms with Crippen LogP contribution in [0.2, 0.25) is 0 Å². The summed E-state index contributed by atoms with van der Waals surface area (Å²) in [7, 11) is 0. The third-order valence-corrected chi connectivity index (χ3v) is 5.68. The monoisotopic (exact) mass is 432 g/mol. The smallest absolute Gasteiger partial charge is 0.196 e. The molecule has 0 unspecified atom stereocenters. The number of aryl methyl sites for hydroxylation is 2. The van der Waals surface area contributed by atoms with Gasteiger partial charge in [0.15, 0.2) is 11.6 Å². The molecule has 8 nitrogen and oxygen atoms in total. The minimum absolute atomic E-state index is 0.363. The highest BCUT2D eigenvalue weighted by Gasteiger charge is 2.18. The molecule has 0 fully saturated rings. The molecular formula is C24H32N8. The summed E-state index contributed by atoms with van der Waals surface area (Å²) in [4.78, 5) is 4.78. The van der Waals surface area contributed by atoms with Gasteiger partial charge in [0.05, 0.1) is 12.2 Å². The quantitative estimate of drug-likeness (QED) is 0.392. The number of rotatable bonds is 10. The van der Waals surface area contributed by atoms with Crippen molar-refractivity contribution in [3.63, 3.8) is 0 Å². The average molecular weight is 433 g/mol. The van der Waals surface area contributed by atoms with Gasteiger partial charge in [-0.3, -0.25) is 0 Å². The molecule has 3 heterocycles. The normalized spacial score (nSPS) is 11.5. The maximum Gasteiger partial charge on any atom is 0.196 e. The highest BCUT2D eigenvalue weighted by Crippen LogP contribution is 2.30. The molecule has 4 rings (SSSR count). The lowest BCUT2D eigenvalue weighted by Gasteiger charge is -2.12. The number of hydrogen-bond acceptors (Lipinski definition) is 5. The summed E-state index contributed by atoms with van der Waals surface area (Å²) in [6.45, 7) is 9.47. The number of hydrogen-bond donors (Lipinski definition) is 1. The first-order valence-corrected chi connectivity index (χ1v) is 11.6. The fourth-order valence-electron chi connectivity index (χ4n) is 3.98. The van der Waals surface area contributed by atoms with E-state index in [9.17, 15) is 0 Å². The van der Waals surface area contributed by atoms with Crippen molar-refractivity contribution in [1.29, 1.82) is 0 Å². The van der Waals surface area contributed by atoms with Gasteiger partial charge in [-0.05, 0) is 58.5 Å². The number of nitrogens with zero attached hydrogens (tertiary/aromatic N) is 7. The standard InChI is InChI=1S/C24H32N8/c1-5-7-9-22-25-21(8-6-2)28-32(22)16-18-10-12-19(13-11-18)31-15-14-20(17(3)4)23(31)24-26-29-30-27-24/h10-15,17H,5-9,16H2,1-4H3,(H,26,27,29,30). The highest BCUT2D eigenvalue weighted by atomic mass is 15.5. The summed E-state index contributed by atoms with van der Waals surface area (Å²) < 4.78 is 4.22. The fraction of sp³-hybridized carbons (Fsp3) is 0.458. The van der Waals surface area contributed by atoms with Gasteiger partial charge in [0.1, 0.15) is 5.82 Å². The zero-order valence-electron chi connectivity index (χ0n) is 19.4. The lowest BCUT2D eigenvalue weighted by atomic mass is 10.0. The van der Waals surface area contributed by atoms with E-state index in [1.165, 1.54) is 11.1 Å². The van der Waals surface area contributed by atoms with Crippen LogP contribution in [0.1, 0.15) is 75.7 Å². The van der Waals surface area contributed by atoms with Gasteiger partial charge in [0, 0.05) is 24.7 Å². The molecule has 0 aliphatic heterocycles. The summed E-state index contributed by atoms with van der Waals surface area (Å²) in [6, 6.07) is 10.8. The van der Waals surface area contributed by atoms with E-state index in [-0.39, 0.29) is 0 Å². The topological polar surface area (TPSA) is 90.1 Å². The van der Waals surface area contributed by atoms with Gasteiger partial charge in [0.25, 0.3) is 0 Å². The van der Waals surface area contributed by atoms with Crippen LogP contribution in [0.15, 0.2) is 36.5 Å². The lowest BCUT2D eigenvalue weighted by Crippen LogP contribution is -2.07. The molecule has 0 aliphatic rings. The Morgan fingerprint density at radius 1 is 1.00 bits per heavy atom. The Hall–Kier alpha value is -3.29. The van der Waals surface area contributed by atoms with Gasteiger partial charge in [-0.1, -0.05) is 46.2 Å². The second kappa shape index (κ2) is 9.89. The van der Waals surface area contributed by atoms with Crippen LogP contribution >= 0.6 is 0 Å². The van der Waals surface area contributed by atoms with Crippen LogP contribution in [-0.4, -0.2) is 40.0 Å². The molecule has 0 atom stereocenters. The van der Waals surface area contributed by atoms with Crippen molar-refractivity contribution in [3.05, 3.63) is 59.3 Å². The van der Waals surface area contributed by atoms with E-state index < -0.39 is 0 Å². The second-order valence-corrected chi connectivity index (χ2v) is 8.52. The summed E-state index contributed by atoms with van der Waals surface area (Å²) in [5.41, 5.74) is 4.49. The highest BCUT2D eigenvalue weighted by molar-refractivity contribution is 5.61. The number of aromatic nitrogens is 8. The van der Waals surface area contributed by atoms with Gasteiger partial charge < -0.3 is 4.57 Å². The predicted molar refractivity (Wildman–Crippen MR) is 125 cm³/mol. The minimum Gasteiger partial charge on any atom is -0.314 e. The zero-order chi connectivity index (χ0) is 22.5. The molecule has 3 aromatic heterocycles. The summed E-state index contributed by atoms with van der Waals surface area (Å²) in [5.74, 6) is 3.08. The number of tetrazole rings is 1. The molecule has 0 aliphatic carbocycles. The first kappa shape index (κ1) is 21.9. The average Bonchev–Trinajstić information content (AvgIpc) is 3.53. The summed E-state index contributed by atoms with van der Waals surface area (Å²) in [6.07, 6.45) is 7.33. The van der Waals surface area contributed by atoms with E-state index in [1.807, 2.05) is 0 Å². The van der Waals surface area contributed by atoms with Crippen LogP contribution in [0.5, 0.6) is 0 Å². The Morgan fingerprint density at radius 2 is 1.81 bits per heavy atom. The Labute approximate surface area is 189 Å². The number of benzene rings is 1. The van der Waals surface area contributed by atoms with Gasteiger partial charge in [0.2, 0.25) is 0 Å². The molecule has 0 radical (unpaired) electrons. The van der Waals surface area contributed by atoms with E-state index in [1.54, 1.807) is 0 Å². The molecule has 0 amide bonds. The third kappa shape index (κ3) is 4.64. The first-order chi connectivity index (χ1) is 15.6. The molecule has 0 saturated heterocycles. The number of aromatic amines is 1. The molecule has 1 N–H and O–H groups in total. The molecule has 1 aromatic carbocycles. The molecule has 32 heavy (non-hydrogen) atoms. The summed E-state index contributed by atoms with van der Waals surface area (Å²) >= 11 is 0. The molecule has 168 valence electrons. The second-order valence-electron chi connectivity index (χ2n) is 8.52. The van der Waals surface area contributed by atoms with E-state index in [4.69, 9.17) is 10.1 Å². The predicted octanol–water partition coefficient (Wildman–Crippen LogP) is 4.72. The first-order valence-electron chi connectivity index (χ1n) is 11.6. The number of unbranched alkanes of at least 4 members (excludes halogenated alkanes) is 1. The van der Waals surface area contributed by atoms with Crippen LogP contribution in [0.25, 0.3) is 17.2 Å². The van der Waals surface area contributed by atoms with Crippen molar-refractivity contribution in [3.8, 4) is 17.2 Å². The van der Waals surface area contributed by atoms with E-state index in [0.29, 0.717) is 11.7 Å². The van der Waals surface area contributed by atoms with Gasteiger partial charge in [-0.2, -0.15) is 5.10 Å². The Morgan fingerprint density at radius 3 is 2.47 bits per heavy atom. The van der Waals surface area contributed by atoms with Crippen molar-refractivity contribution in [2.75, 3.05) is 0 Å². The van der Waals surface area contributed by atoms with Crippen LogP contribution in [-0.2, 0) is 19.4 Å². The Balaban J connectivity index is 1.60. The molecule has 8 heteroatoms. The van der Waals surface area contributed by atoms with E-state index >= 15 is 0 Å². The van der Waals surface area contributed by atoms with E-state index in [2.05, 4.69) is 94.1 Å². The molecule has 0 spiro atoms. The maximum atomic E-state index is 4.78. The number of nitrogens with one attached hydrogen (secondary N) is 1. The van der Waals surface area contributed by atoms with Crippen LogP contribution in [0.3, 0.4) is 0 Å². The fourth-order valence-corrected chi connectivity index (χ4v) is 3.98. The van der Waals surface area contributed by atoms with Gasteiger partial charge in [-0.15, -0.1) is 5.10 Å². The minimum atomic E-state index is 0.363.